The van der Waals surface area contributed by atoms with Gasteiger partial charge in [-0.3, -0.25) is 0 Å². The second-order valence-corrected chi connectivity index (χ2v) is 7.51. The van der Waals surface area contributed by atoms with Crippen molar-refractivity contribution >= 4 is 0 Å². The van der Waals surface area contributed by atoms with Crippen molar-refractivity contribution in [1.29, 1.82) is 0 Å². The smallest absolute Gasteiger partial charge is 0.00673 e. The molecule has 112 valence electrons. The van der Waals surface area contributed by atoms with Gasteiger partial charge in [0.15, 0.2) is 0 Å². The van der Waals surface area contributed by atoms with E-state index in [0.29, 0.717) is 0 Å². The topological polar surface area (TPSA) is 15.3 Å². The van der Waals surface area contributed by atoms with Gasteiger partial charge >= 0.3 is 0 Å². The van der Waals surface area contributed by atoms with E-state index in [0.717, 1.165) is 29.8 Å². The largest absolute Gasteiger partial charge is 0.314 e. The third kappa shape index (κ3) is 4.46. The minimum absolute atomic E-state index is 0.728. The van der Waals surface area contributed by atoms with Gasteiger partial charge in [-0.15, -0.1) is 0 Å². The van der Waals surface area contributed by atoms with Gasteiger partial charge in [0.1, 0.15) is 0 Å². The van der Waals surface area contributed by atoms with E-state index >= 15 is 0 Å². The highest BCUT2D eigenvalue weighted by Gasteiger charge is 2.26. The van der Waals surface area contributed by atoms with E-state index in [1.807, 2.05) is 0 Å². The lowest BCUT2D eigenvalue weighted by atomic mass is 9.79. The Kier molecular flexibility index (Phi) is 5.70. The summed E-state index contributed by atoms with van der Waals surface area (Å²) in [5.74, 6) is 2.77. The molecule has 1 saturated heterocycles. The fourth-order valence-electron chi connectivity index (χ4n) is 3.82. The van der Waals surface area contributed by atoms with E-state index in [1.54, 1.807) is 0 Å². The first-order valence-corrected chi connectivity index (χ1v) is 8.53. The molecule has 2 fully saturated rings. The molecule has 0 bridgehead atoms. The Morgan fingerprint density at radius 1 is 1.00 bits per heavy atom. The fraction of sp³-hybridized carbons (Fsp3) is 1.00. The molecular weight excluding hydrogens is 232 g/mol. The SMILES string of the molecule is CC(C)C1CCC(NCC2CCN(C(C)C)C2)CC1. The molecule has 2 aliphatic rings. The van der Waals surface area contributed by atoms with Crippen molar-refractivity contribution in [3.05, 3.63) is 0 Å². The molecular formula is C17H34N2. The molecule has 0 aromatic rings. The second kappa shape index (κ2) is 7.08. The van der Waals surface area contributed by atoms with E-state index in [9.17, 15) is 0 Å². The summed E-state index contributed by atoms with van der Waals surface area (Å²) in [5.41, 5.74) is 0. The molecule has 2 nitrogen and oxygen atoms in total. The van der Waals surface area contributed by atoms with Crippen molar-refractivity contribution in [1.82, 2.24) is 10.2 Å². The molecule has 0 radical (unpaired) electrons. The lowest BCUT2D eigenvalue weighted by Gasteiger charge is -2.32. The van der Waals surface area contributed by atoms with Gasteiger partial charge in [0.25, 0.3) is 0 Å². The van der Waals surface area contributed by atoms with Crippen LogP contribution in [0, 0.1) is 17.8 Å². The van der Waals surface area contributed by atoms with Crippen LogP contribution in [0.3, 0.4) is 0 Å². The highest BCUT2D eigenvalue weighted by Crippen LogP contribution is 2.30. The molecule has 2 heteroatoms. The van der Waals surface area contributed by atoms with E-state index in [2.05, 4.69) is 37.9 Å². The first-order valence-electron chi connectivity index (χ1n) is 8.53. The maximum Gasteiger partial charge on any atom is 0.00673 e. The first-order chi connectivity index (χ1) is 9.06. The lowest BCUT2D eigenvalue weighted by Crippen LogP contribution is -2.38. The Morgan fingerprint density at radius 2 is 1.68 bits per heavy atom. The normalized spacial score (nSPS) is 33.5. The number of nitrogens with one attached hydrogen (secondary N) is 1. The number of hydrogen-bond donors (Lipinski definition) is 1. The van der Waals surface area contributed by atoms with Crippen LogP contribution in [-0.2, 0) is 0 Å². The molecule has 19 heavy (non-hydrogen) atoms. The summed E-state index contributed by atoms with van der Waals surface area (Å²) in [7, 11) is 0. The number of nitrogens with zero attached hydrogens (tertiary/aromatic N) is 1. The van der Waals surface area contributed by atoms with E-state index in [1.165, 1.54) is 51.7 Å². The fourth-order valence-corrected chi connectivity index (χ4v) is 3.82. The molecule has 1 unspecified atom stereocenters. The van der Waals surface area contributed by atoms with Crippen LogP contribution in [0.25, 0.3) is 0 Å². The van der Waals surface area contributed by atoms with Crippen molar-refractivity contribution in [3.8, 4) is 0 Å². The van der Waals surface area contributed by atoms with Gasteiger partial charge in [-0.2, -0.15) is 0 Å². The van der Waals surface area contributed by atoms with Crippen molar-refractivity contribution in [2.45, 2.75) is 71.9 Å². The molecule has 1 atom stereocenters. The van der Waals surface area contributed by atoms with Crippen LogP contribution in [-0.4, -0.2) is 36.6 Å². The van der Waals surface area contributed by atoms with Crippen LogP contribution in [0.4, 0.5) is 0 Å². The maximum absolute atomic E-state index is 3.86. The first kappa shape index (κ1) is 15.3. The highest BCUT2D eigenvalue weighted by atomic mass is 15.2. The zero-order chi connectivity index (χ0) is 13.8. The average Bonchev–Trinajstić information content (AvgIpc) is 2.86. The summed E-state index contributed by atoms with van der Waals surface area (Å²) in [4.78, 5) is 2.63. The third-order valence-electron chi connectivity index (χ3n) is 5.46. The number of likely N-dealkylation sites (tertiary alicyclic amines) is 1. The minimum Gasteiger partial charge on any atom is -0.314 e. The second-order valence-electron chi connectivity index (χ2n) is 7.51. The van der Waals surface area contributed by atoms with E-state index in [4.69, 9.17) is 0 Å². The van der Waals surface area contributed by atoms with Gasteiger partial charge in [-0.05, 0) is 76.8 Å². The lowest BCUT2D eigenvalue weighted by molar-refractivity contribution is 0.229. The van der Waals surface area contributed by atoms with Crippen molar-refractivity contribution in [3.63, 3.8) is 0 Å². The quantitative estimate of drug-likeness (QED) is 0.819. The summed E-state index contributed by atoms with van der Waals surface area (Å²) in [6.07, 6.45) is 7.09. The average molecular weight is 266 g/mol. The molecule has 1 heterocycles. The maximum atomic E-state index is 3.86. The Bertz CT molecular complexity index is 254. The van der Waals surface area contributed by atoms with Gasteiger partial charge in [-0.25, -0.2) is 0 Å². The highest BCUT2D eigenvalue weighted by molar-refractivity contribution is 4.83. The molecule has 0 amide bonds. The molecule has 1 aliphatic carbocycles. The van der Waals surface area contributed by atoms with Gasteiger partial charge in [0.2, 0.25) is 0 Å². The zero-order valence-corrected chi connectivity index (χ0v) is 13.5. The van der Waals surface area contributed by atoms with Crippen LogP contribution in [0.2, 0.25) is 0 Å². The predicted molar refractivity (Wildman–Crippen MR) is 83.4 cm³/mol. The Labute approximate surface area is 120 Å². The molecule has 1 saturated carbocycles. The van der Waals surface area contributed by atoms with Crippen LogP contribution in [0.5, 0.6) is 0 Å². The van der Waals surface area contributed by atoms with Crippen molar-refractivity contribution < 1.29 is 0 Å². The van der Waals surface area contributed by atoms with Crippen LogP contribution < -0.4 is 5.32 Å². The van der Waals surface area contributed by atoms with Crippen molar-refractivity contribution in [2.75, 3.05) is 19.6 Å². The summed E-state index contributed by atoms with van der Waals surface area (Å²) >= 11 is 0. The molecule has 1 aliphatic heterocycles. The van der Waals surface area contributed by atoms with Gasteiger partial charge in [0.05, 0.1) is 0 Å². The molecule has 0 aromatic carbocycles. The monoisotopic (exact) mass is 266 g/mol. The zero-order valence-electron chi connectivity index (χ0n) is 13.5. The Hall–Kier alpha value is -0.0800. The summed E-state index contributed by atoms with van der Waals surface area (Å²) in [5, 5.41) is 3.86. The van der Waals surface area contributed by atoms with E-state index < -0.39 is 0 Å². The Balaban J connectivity index is 1.62. The van der Waals surface area contributed by atoms with Gasteiger partial charge in [-0.1, -0.05) is 13.8 Å². The minimum atomic E-state index is 0.728. The molecule has 2 rings (SSSR count). The van der Waals surface area contributed by atoms with Crippen LogP contribution >= 0.6 is 0 Å². The van der Waals surface area contributed by atoms with Gasteiger partial charge in [0, 0.05) is 18.6 Å². The third-order valence-corrected chi connectivity index (χ3v) is 5.46. The standard InChI is InChI=1S/C17H34N2/c1-13(2)16-5-7-17(8-6-16)18-11-15-9-10-19(12-15)14(3)4/h13-18H,5-12H2,1-4H3. The summed E-state index contributed by atoms with van der Waals surface area (Å²) < 4.78 is 0. The molecule has 0 aromatic heterocycles. The van der Waals surface area contributed by atoms with Crippen molar-refractivity contribution in [2.24, 2.45) is 17.8 Å². The Morgan fingerprint density at radius 3 is 2.21 bits per heavy atom. The number of hydrogen-bond acceptors (Lipinski definition) is 2. The summed E-state index contributed by atoms with van der Waals surface area (Å²) in [6, 6.07) is 1.54. The molecule has 0 spiro atoms. The van der Waals surface area contributed by atoms with Gasteiger partial charge < -0.3 is 10.2 Å². The predicted octanol–water partition coefficient (Wildman–Crippen LogP) is 3.52. The summed E-state index contributed by atoms with van der Waals surface area (Å²) in [6.45, 7) is 13.3. The van der Waals surface area contributed by atoms with E-state index in [-0.39, 0.29) is 0 Å². The van der Waals surface area contributed by atoms with Crippen LogP contribution in [0.15, 0.2) is 0 Å². The molecule has 1 N–H and O–H groups in total. The van der Waals surface area contributed by atoms with Crippen LogP contribution in [0.1, 0.15) is 59.8 Å². The number of rotatable bonds is 5.